The Labute approximate surface area is 162 Å². The van der Waals surface area contributed by atoms with Gasteiger partial charge in [-0.15, -0.1) is 0 Å². The number of likely N-dealkylation sites (tertiary alicyclic amines) is 1. The number of amides is 2. The zero-order valence-electron chi connectivity index (χ0n) is 15.2. The maximum Gasteiger partial charge on any atom is 0.272 e. The Kier molecular flexibility index (Phi) is 4.94. The topological polar surface area (TPSA) is 57.9 Å². The first kappa shape index (κ1) is 17.7. The lowest BCUT2D eigenvalue weighted by Crippen LogP contribution is -2.43. The van der Waals surface area contributed by atoms with Gasteiger partial charge >= 0.3 is 0 Å². The highest BCUT2D eigenvalue weighted by Crippen LogP contribution is 2.22. The summed E-state index contributed by atoms with van der Waals surface area (Å²) in [5.74, 6) is 0.0935. The van der Waals surface area contributed by atoms with Crippen molar-refractivity contribution in [1.82, 2.24) is 19.2 Å². The summed E-state index contributed by atoms with van der Waals surface area (Å²) in [5.41, 5.74) is 2.57. The van der Waals surface area contributed by atoms with Gasteiger partial charge in [0.2, 0.25) is 5.91 Å². The lowest BCUT2D eigenvalue weighted by Gasteiger charge is -2.33. The van der Waals surface area contributed by atoms with Gasteiger partial charge in [0.1, 0.15) is 5.69 Å². The Morgan fingerprint density at radius 2 is 2.11 bits per heavy atom. The molecule has 1 fully saturated rings. The minimum absolute atomic E-state index is 0.0150. The molecule has 0 bridgehead atoms. The highest BCUT2D eigenvalue weighted by Gasteiger charge is 2.30. The molecule has 0 atom stereocenters. The van der Waals surface area contributed by atoms with Crippen molar-refractivity contribution in [3.63, 3.8) is 0 Å². The predicted molar refractivity (Wildman–Crippen MR) is 105 cm³/mol. The Morgan fingerprint density at radius 3 is 2.85 bits per heavy atom. The molecular weight excluding hydrogens is 360 g/mol. The van der Waals surface area contributed by atoms with Crippen LogP contribution in [-0.2, 0) is 11.3 Å². The lowest BCUT2D eigenvalue weighted by atomic mass is 9.95. The number of carbonyl (C=O) groups is 2. The van der Waals surface area contributed by atoms with Crippen molar-refractivity contribution >= 4 is 28.7 Å². The summed E-state index contributed by atoms with van der Waals surface area (Å²) in [6.45, 7) is 1.83. The van der Waals surface area contributed by atoms with Gasteiger partial charge in [0, 0.05) is 44.3 Å². The standard InChI is InChI=1S/C20H22N4O2S/c1-22(12-15-6-10-27-13-15)19(25)16-4-8-23(9-5-16)20(26)18-11-17-3-2-7-24(17)14-21-18/h2-3,6-7,10-11,13-14,16H,4-5,8-9,12H2,1H3. The Morgan fingerprint density at radius 1 is 1.30 bits per heavy atom. The van der Waals surface area contributed by atoms with Gasteiger partial charge in [-0.05, 0) is 53.4 Å². The van der Waals surface area contributed by atoms with Crippen molar-refractivity contribution in [3.8, 4) is 0 Å². The summed E-state index contributed by atoms with van der Waals surface area (Å²) in [6, 6.07) is 7.74. The molecule has 3 aromatic rings. The molecule has 0 N–H and O–H groups in total. The van der Waals surface area contributed by atoms with E-state index in [1.165, 1.54) is 0 Å². The molecule has 0 aliphatic carbocycles. The molecule has 4 rings (SSSR count). The van der Waals surface area contributed by atoms with Gasteiger partial charge in [-0.3, -0.25) is 9.59 Å². The van der Waals surface area contributed by atoms with Gasteiger partial charge in [0.15, 0.2) is 0 Å². The molecule has 2 amide bonds. The maximum absolute atomic E-state index is 12.7. The third-order valence-electron chi connectivity index (χ3n) is 5.14. The molecule has 0 saturated carbocycles. The van der Waals surface area contributed by atoms with E-state index < -0.39 is 0 Å². The van der Waals surface area contributed by atoms with Gasteiger partial charge in [-0.25, -0.2) is 4.98 Å². The summed E-state index contributed by atoms with van der Waals surface area (Å²) in [5, 5.41) is 4.09. The maximum atomic E-state index is 12.7. The second-order valence-corrected chi connectivity index (χ2v) is 7.79. The van der Waals surface area contributed by atoms with E-state index in [2.05, 4.69) is 10.4 Å². The van der Waals surface area contributed by atoms with Crippen LogP contribution < -0.4 is 0 Å². The quantitative estimate of drug-likeness (QED) is 0.697. The van der Waals surface area contributed by atoms with Crippen LogP contribution in [0.1, 0.15) is 28.9 Å². The van der Waals surface area contributed by atoms with Crippen LogP contribution in [0.15, 0.2) is 47.5 Å². The van der Waals surface area contributed by atoms with E-state index in [1.807, 2.05) is 52.2 Å². The fourth-order valence-electron chi connectivity index (χ4n) is 3.59. The van der Waals surface area contributed by atoms with Crippen LogP contribution in [0.4, 0.5) is 0 Å². The summed E-state index contributed by atoms with van der Waals surface area (Å²) in [6.07, 6.45) is 4.97. The lowest BCUT2D eigenvalue weighted by molar-refractivity contribution is -0.136. The molecule has 140 valence electrons. The average Bonchev–Trinajstić information content (AvgIpc) is 3.38. The van der Waals surface area contributed by atoms with Gasteiger partial charge in [0.05, 0.1) is 6.33 Å². The molecule has 4 heterocycles. The van der Waals surface area contributed by atoms with Gasteiger partial charge in [0.25, 0.3) is 5.91 Å². The molecule has 7 heteroatoms. The van der Waals surface area contributed by atoms with Crippen LogP contribution in [0.2, 0.25) is 0 Å². The second kappa shape index (κ2) is 7.52. The fourth-order valence-corrected chi connectivity index (χ4v) is 4.25. The first-order valence-corrected chi connectivity index (χ1v) is 10.0. The number of thiophene rings is 1. The van der Waals surface area contributed by atoms with E-state index in [9.17, 15) is 9.59 Å². The first-order chi connectivity index (χ1) is 13.1. The SMILES string of the molecule is CN(Cc1ccsc1)C(=O)C1CCN(C(=O)c2cc3cccn3cn2)CC1. The minimum Gasteiger partial charge on any atom is -0.341 e. The molecule has 6 nitrogen and oxygen atoms in total. The van der Waals surface area contributed by atoms with Crippen molar-refractivity contribution in [2.75, 3.05) is 20.1 Å². The molecule has 1 saturated heterocycles. The summed E-state index contributed by atoms with van der Waals surface area (Å²) >= 11 is 1.64. The smallest absolute Gasteiger partial charge is 0.272 e. The van der Waals surface area contributed by atoms with E-state index in [0.29, 0.717) is 38.2 Å². The molecule has 27 heavy (non-hydrogen) atoms. The number of carbonyl (C=O) groups excluding carboxylic acids is 2. The molecule has 0 radical (unpaired) electrons. The third kappa shape index (κ3) is 3.73. The summed E-state index contributed by atoms with van der Waals surface area (Å²) < 4.78 is 1.88. The van der Waals surface area contributed by atoms with E-state index in [0.717, 1.165) is 11.1 Å². The first-order valence-electron chi connectivity index (χ1n) is 9.10. The third-order valence-corrected chi connectivity index (χ3v) is 5.88. The average molecular weight is 382 g/mol. The number of hydrogen-bond donors (Lipinski definition) is 0. The summed E-state index contributed by atoms with van der Waals surface area (Å²) in [7, 11) is 1.86. The number of nitrogens with zero attached hydrogens (tertiary/aromatic N) is 4. The van der Waals surface area contributed by atoms with Crippen LogP contribution in [-0.4, -0.2) is 51.1 Å². The van der Waals surface area contributed by atoms with E-state index in [4.69, 9.17) is 0 Å². The van der Waals surface area contributed by atoms with Crippen molar-refractivity contribution in [2.45, 2.75) is 19.4 Å². The molecular formula is C20H22N4O2S. The van der Waals surface area contributed by atoms with Crippen LogP contribution in [0.3, 0.4) is 0 Å². The number of aromatic nitrogens is 2. The van der Waals surface area contributed by atoms with Crippen LogP contribution in [0.25, 0.3) is 5.52 Å². The number of fused-ring (bicyclic) bond motifs is 1. The number of hydrogen-bond acceptors (Lipinski definition) is 4. The molecule has 0 unspecified atom stereocenters. The number of piperidine rings is 1. The van der Waals surface area contributed by atoms with E-state index in [-0.39, 0.29) is 17.7 Å². The van der Waals surface area contributed by atoms with E-state index in [1.54, 1.807) is 22.6 Å². The largest absolute Gasteiger partial charge is 0.341 e. The molecule has 1 aliphatic heterocycles. The van der Waals surface area contributed by atoms with Crippen molar-refractivity contribution in [1.29, 1.82) is 0 Å². The van der Waals surface area contributed by atoms with Crippen molar-refractivity contribution < 1.29 is 9.59 Å². The predicted octanol–water partition coefficient (Wildman–Crippen LogP) is 2.91. The Bertz CT molecular complexity index is 942. The Hall–Kier alpha value is -2.67. The zero-order valence-corrected chi connectivity index (χ0v) is 16.1. The molecule has 1 aliphatic rings. The van der Waals surface area contributed by atoms with Crippen LogP contribution in [0, 0.1) is 5.92 Å². The molecule has 0 aromatic carbocycles. The monoisotopic (exact) mass is 382 g/mol. The zero-order chi connectivity index (χ0) is 18.8. The normalized spacial score (nSPS) is 15.2. The highest BCUT2D eigenvalue weighted by molar-refractivity contribution is 7.07. The minimum atomic E-state index is -0.0590. The van der Waals surface area contributed by atoms with Crippen LogP contribution >= 0.6 is 11.3 Å². The van der Waals surface area contributed by atoms with Crippen molar-refractivity contribution in [3.05, 3.63) is 58.8 Å². The molecule has 3 aromatic heterocycles. The second-order valence-electron chi connectivity index (χ2n) is 7.01. The van der Waals surface area contributed by atoms with Gasteiger partial charge in [-0.1, -0.05) is 0 Å². The molecule has 0 spiro atoms. The van der Waals surface area contributed by atoms with Crippen molar-refractivity contribution in [2.24, 2.45) is 5.92 Å². The number of rotatable bonds is 4. The highest BCUT2D eigenvalue weighted by atomic mass is 32.1. The van der Waals surface area contributed by atoms with Crippen LogP contribution in [0.5, 0.6) is 0 Å². The summed E-state index contributed by atoms with van der Waals surface area (Å²) in [4.78, 5) is 33.3. The van der Waals surface area contributed by atoms with Gasteiger partial charge in [-0.2, -0.15) is 11.3 Å². The van der Waals surface area contributed by atoms with Gasteiger partial charge < -0.3 is 14.2 Å². The fraction of sp³-hybridized carbons (Fsp3) is 0.350. The Balaban J connectivity index is 1.35. The van der Waals surface area contributed by atoms with E-state index >= 15 is 0 Å².